The zero-order chi connectivity index (χ0) is 10.7. The standard InChI is InChI=1S/C10H17FO2P/c1-4-14(12)6-13-9-5-7(2)10(11)8(9)3/h7,9H,4-6H2,1-3H3/q+1. The van der Waals surface area contributed by atoms with Crippen molar-refractivity contribution in [2.24, 2.45) is 5.92 Å². The second-order valence-corrected chi connectivity index (χ2v) is 5.60. The Hall–Kier alpha value is -0.270. The molecule has 1 rings (SSSR count). The van der Waals surface area contributed by atoms with Gasteiger partial charge in [0, 0.05) is 5.92 Å². The largest absolute Gasteiger partial charge is 0.366 e. The van der Waals surface area contributed by atoms with Gasteiger partial charge in [-0.25, -0.2) is 4.39 Å². The van der Waals surface area contributed by atoms with Crippen molar-refractivity contribution < 1.29 is 13.7 Å². The van der Waals surface area contributed by atoms with E-state index in [1.807, 2.05) is 13.8 Å². The molecule has 0 aromatic heterocycles. The van der Waals surface area contributed by atoms with Gasteiger partial charge in [0.2, 0.25) is 6.35 Å². The first-order valence-electron chi connectivity index (χ1n) is 4.96. The van der Waals surface area contributed by atoms with Crippen LogP contribution in [0.15, 0.2) is 11.4 Å². The third kappa shape index (κ3) is 2.61. The Bertz CT molecular complexity index is 263. The molecule has 80 valence electrons. The van der Waals surface area contributed by atoms with Crippen LogP contribution in [-0.2, 0) is 9.30 Å². The van der Waals surface area contributed by atoms with Crippen LogP contribution in [0.25, 0.3) is 0 Å². The van der Waals surface area contributed by atoms with Crippen molar-refractivity contribution in [1.82, 2.24) is 0 Å². The topological polar surface area (TPSA) is 26.3 Å². The highest BCUT2D eigenvalue weighted by Gasteiger charge is 2.31. The maximum absolute atomic E-state index is 13.3. The molecule has 0 aromatic carbocycles. The van der Waals surface area contributed by atoms with Crippen LogP contribution < -0.4 is 0 Å². The molecule has 0 aliphatic heterocycles. The Kier molecular flexibility index (Phi) is 4.21. The molecule has 0 saturated heterocycles. The maximum atomic E-state index is 13.3. The molecule has 0 aromatic rings. The van der Waals surface area contributed by atoms with Crippen molar-refractivity contribution in [1.29, 1.82) is 0 Å². The molecular formula is C10H17FO2P+. The fourth-order valence-corrected chi connectivity index (χ4v) is 2.13. The van der Waals surface area contributed by atoms with Gasteiger partial charge in [-0.05, 0) is 25.8 Å². The van der Waals surface area contributed by atoms with Gasteiger partial charge in [0.1, 0.15) is 12.0 Å². The van der Waals surface area contributed by atoms with Crippen LogP contribution >= 0.6 is 7.80 Å². The van der Waals surface area contributed by atoms with E-state index in [0.717, 1.165) is 0 Å². The van der Waals surface area contributed by atoms with Gasteiger partial charge in [0.25, 0.3) is 0 Å². The molecule has 4 heteroatoms. The fourth-order valence-electron chi connectivity index (χ4n) is 1.60. The number of rotatable bonds is 4. The van der Waals surface area contributed by atoms with E-state index < -0.39 is 7.80 Å². The molecule has 0 bridgehead atoms. The summed E-state index contributed by atoms with van der Waals surface area (Å²) in [7, 11) is -1.26. The molecule has 0 fully saturated rings. The van der Waals surface area contributed by atoms with Gasteiger partial charge in [-0.15, -0.1) is 0 Å². The van der Waals surface area contributed by atoms with E-state index in [1.54, 1.807) is 6.92 Å². The highest BCUT2D eigenvalue weighted by atomic mass is 31.1. The molecular weight excluding hydrogens is 202 g/mol. The Morgan fingerprint density at radius 1 is 1.64 bits per heavy atom. The van der Waals surface area contributed by atoms with Crippen molar-refractivity contribution in [2.45, 2.75) is 33.3 Å². The number of halogens is 1. The third-order valence-corrected chi connectivity index (χ3v) is 3.77. The van der Waals surface area contributed by atoms with Crippen molar-refractivity contribution >= 4 is 7.80 Å². The number of ether oxygens (including phenoxy) is 1. The van der Waals surface area contributed by atoms with E-state index >= 15 is 0 Å². The smallest absolute Gasteiger partial charge is 0.329 e. The number of hydrogen-bond acceptors (Lipinski definition) is 2. The van der Waals surface area contributed by atoms with Gasteiger partial charge in [0.05, 0.1) is 6.10 Å². The summed E-state index contributed by atoms with van der Waals surface area (Å²) in [5, 5.41) is 0. The third-order valence-electron chi connectivity index (χ3n) is 2.63. The first-order chi connectivity index (χ1) is 6.56. The molecule has 1 aliphatic rings. The van der Waals surface area contributed by atoms with Gasteiger partial charge in [-0.1, -0.05) is 11.5 Å². The summed E-state index contributed by atoms with van der Waals surface area (Å²) >= 11 is 0. The summed E-state index contributed by atoms with van der Waals surface area (Å²) in [6.45, 7) is 5.47. The zero-order valence-corrected chi connectivity index (χ0v) is 9.81. The van der Waals surface area contributed by atoms with Gasteiger partial charge in [-0.2, -0.15) is 0 Å². The van der Waals surface area contributed by atoms with Crippen LogP contribution in [0.5, 0.6) is 0 Å². The van der Waals surface area contributed by atoms with Gasteiger partial charge < -0.3 is 4.74 Å². The van der Waals surface area contributed by atoms with Gasteiger partial charge in [0.15, 0.2) is 0 Å². The van der Waals surface area contributed by atoms with Gasteiger partial charge in [-0.3, -0.25) is 0 Å². The molecule has 2 nitrogen and oxygen atoms in total. The highest BCUT2D eigenvalue weighted by Crippen LogP contribution is 2.35. The van der Waals surface area contributed by atoms with E-state index in [2.05, 4.69) is 0 Å². The molecule has 0 amide bonds. The Labute approximate surface area is 85.3 Å². The lowest BCUT2D eigenvalue weighted by Crippen LogP contribution is -2.11. The van der Waals surface area contributed by atoms with Crippen LogP contribution in [0.4, 0.5) is 4.39 Å². The molecule has 0 saturated carbocycles. The van der Waals surface area contributed by atoms with E-state index in [1.165, 1.54) is 0 Å². The van der Waals surface area contributed by atoms with Crippen LogP contribution in [0.3, 0.4) is 0 Å². The Balaban J connectivity index is 2.45. The summed E-state index contributed by atoms with van der Waals surface area (Å²) < 4.78 is 29.9. The molecule has 0 N–H and O–H groups in total. The Morgan fingerprint density at radius 3 is 2.71 bits per heavy atom. The highest BCUT2D eigenvalue weighted by molar-refractivity contribution is 7.44. The predicted molar refractivity (Wildman–Crippen MR) is 55.5 cm³/mol. The quantitative estimate of drug-likeness (QED) is 0.677. The average molecular weight is 219 g/mol. The number of hydrogen-bond donors (Lipinski definition) is 0. The lowest BCUT2D eigenvalue weighted by atomic mass is 10.1. The molecule has 3 unspecified atom stereocenters. The SMILES string of the molecule is CC[P+](=O)COC1CC(C)C(F)=C1C. The molecule has 14 heavy (non-hydrogen) atoms. The summed E-state index contributed by atoms with van der Waals surface area (Å²) in [6, 6.07) is 0. The maximum Gasteiger partial charge on any atom is 0.366 e. The summed E-state index contributed by atoms with van der Waals surface area (Å²) in [5.41, 5.74) is 0.678. The van der Waals surface area contributed by atoms with Crippen molar-refractivity contribution in [3.05, 3.63) is 11.4 Å². The summed E-state index contributed by atoms with van der Waals surface area (Å²) in [5.74, 6) is -0.0961. The normalized spacial score (nSPS) is 28.4. The molecule has 0 spiro atoms. The van der Waals surface area contributed by atoms with Gasteiger partial charge >= 0.3 is 7.80 Å². The summed E-state index contributed by atoms with van der Waals surface area (Å²) in [6.07, 6.45) is 1.41. The monoisotopic (exact) mass is 219 g/mol. The van der Waals surface area contributed by atoms with E-state index in [4.69, 9.17) is 4.74 Å². The zero-order valence-electron chi connectivity index (χ0n) is 8.92. The summed E-state index contributed by atoms with van der Waals surface area (Å²) in [4.78, 5) is 0. The molecule has 0 heterocycles. The van der Waals surface area contributed by atoms with Crippen molar-refractivity contribution in [3.8, 4) is 0 Å². The molecule has 3 atom stereocenters. The van der Waals surface area contributed by atoms with Crippen molar-refractivity contribution in [2.75, 3.05) is 12.5 Å². The number of allylic oxidation sites excluding steroid dienone is 1. The Morgan fingerprint density at radius 2 is 2.29 bits per heavy atom. The van der Waals surface area contributed by atoms with Crippen LogP contribution in [0.2, 0.25) is 0 Å². The minimum absolute atomic E-state index is 0.0421. The first-order valence-corrected chi connectivity index (χ1v) is 6.59. The van der Waals surface area contributed by atoms with Crippen LogP contribution in [-0.4, -0.2) is 18.6 Å². The second kappa shape index (κ2) is 4.99. The lowest BCUT2D eigenvalue weighted by molar-refractivity contribution is 0.109. The van der Waals surface area contributed by atoms with E-state index in [-0.39, 0.29) is 24.2 Å². The van der Waals surface area contributed by atoms with Crippen LogP contribution in [0, 0.1) is 5.92 Å². The lowest BCUT2D eigenvalue weighted by Gasteiger charge is -2.09. The minimum Gasteiger partial charge on any atom is -0.329 e. The average Bonchev–Trinajstić information content (AvgIpc) is 2.42. The first kappa shape index (κ1) is 11.8. The predicted octanol–water partition coefficient (Wildman–Crippen LogP) is 3.46. The fraction of sp³-hybridized carbons (Fsp3) is 0.800. The molecule has 1 aliphatic carbocycles. The van der Waals surface area contributed by atoms with E-state index in [0.29, 0.717) is 18.2 Å². The molecule has 0 radical (unpaired) electrons. The minimum atomic E-state index is -1.26. The second-order valence-electron chi connectivity index (χ2n) is 3.75. The van der Waals surface area contributed by atoms with Crippen molar-refractivity contribution in [3.63, 3.8) is 0 Å². The van der Waals surface area contributed by atoms with Crippen LogP contribution in [0.1, 0.15) is 27.2 Å². The van der Waals surface area contributed by atoms with E-state index in [9.17, 15) is 8.96 Å².